The summed E-state index contributed by atoms with van der Waals surface area (Å²) >= 11 is 0. The van der Waals surface area contributed by atoms with Crippen molar-refractivity contribution in [3.8, 4) is 17.3 Å². The van der Waals surface area contributed by atoms with Crippen LogP contribution in [0.3, 0.4) is 0 Å². The average Bonchev–Trinajstić information content (AvgIpc) is 3.36. The number of amides is 1. The average molecular weight is 363 g/mol. The van der Waals surface area contributed by atoms with E-state index in [9.17, 15) is 20.2 Å². The summed E-state index contributed by atoms with van der Waals surface area (Å²) in [5.74, 6) is -0.0127. The lowest BCUT2D eigenvalue weighted by Gasteiger charge is -2.03. The van der Waals surface area contributed by atoms with Gasteiger partial charge in [0.25, 0.3) is 11.6 Å². The lowest BCUT2D eigenvalue weighted by Crippen LogP contribution is -2.23. The molecule has 0 unspecified atom stereocenters. The fourth-order valence-electron chi connectivity index (χ4n) is 2.39. The molecule has 2 N–H and O–H groups in total. The minimum Gasteiger partial charge on any atom is -0.467 e. The number of aromatic nitrogens is 2. The van der Waals surface area contributed by atoms with Crippen molar-refractivity contribution in [1.82, 2.24) is 15.5 Å². The first-order valence-corrected chi connectivity index (χ1v) is 7.79. The summed E-state index contributed by atoms with van der Waals surface area (Å²) in [5, 5.41) is 29.5. The number of non-ortho nitro benzene ring substituents is 1. The fourth-order valence-corrected chi connectivity index (χ4v) is 2.39. The fraction of sp³-hybridized carbons (Fsp3) is 0.0556. The van der Waals surface area contributed by atoms with E-state index in [1.807, 2.05) is 6.07 Å². The van der Waals surface area contributed by atoms with E-state index in [2.05, 4.69) is 15.5 Å². The van der Waals surface area contributed by atoms with Gasteiger partial charge in [0.2, 0.25) is 0 Å². The third kappa shape index (κ3) is 4.08. The summed E-state index contributed by atoms with van der Waals surface area (Å²) < 4.78 is 5.12. The van der Waals surface area contributed by atoms with E-state index in [-0.39, 0.29) is 17.8 Å². The molecule has 0 saturated heterocycles. The number of hydrogen-bond acceptors (Lipinski definition) is 6. The van der Waals surface area contributed by atoms with Gasteiger partial charge in [-0.25, -0.2) is 0 Å². The molecule has 9 heteroatoms. The molecule has 3 rings (SSSR count). The number of rotatable bonds is 6. The van der Waals surface area contributed by atoms with E-state index in [4.69, 9.17) is 4.42 Å². The molecule has 0 saturated carbocycles. The van der Waals surface area contributed by atoms with Gasteiger partial charge in [0.1, 0.15) is 17.4 Å². The van der Waals surface area contributed by atoms with Gasteiger partial charge in [-0.1, -0.05) is 12.1 Å². The Morgan fingerprint density at radius 3 is 2.96 bits per heavy atom. The molecule has 0 radical (unpaired) electrons. The third-order valence-electron chi connectivity index (χ3n) is 3.68. The number of hydrogen-bond donors (Lipinski definition) is 2. The molecule has 3 aromatic rings. The van der Waals surface area contributed by atoms with Crippen molar-refractivity contribution in [1.29, 1.82) is 5.26 Å². The van der Waals surface area contributed by atoms with Crippen LogP contribution in [-0.2, 0) is 11.3 Å². The Morgan fingerprint density at radius 2 is 2.26 bits per heavy atom. The van der Waals surface area contributed by atoms with Crippen LogP contribution < -0.4 is 5.32 Å². The molecule has 0 aliphatic carbocycles. The first-order chi connectivity index (χ1) is 13.1. The normalized spacial score (nSPS) is 11.0. The monoisotopic (exact) mass is 363 g/mol. The molecule has 1 amide bonds. The number of carbonyl (C=O) groups is 1. The van der Waals surface area contributed by atoms with Gasteiger partial charge in [-0.05, 0) is 18.2 Å². The quantitative estimate of drug-likeness (QED) is 0.299. The maximum atomic E-state index is 12.2. The van der Waals surface area contributed by atoms with Crippen LogP contribution in [0, 0.1) is 21.4 Å². The number of nitrogens with one attached hydrogen (secondary N) is 2. The standard InChI is InChI=1S/C18H13N5O4/c19-9-13(18(24)20-11-16-5-2-6-27-16)7-14-10-21-22-17(14)12-3-1-4-15(8-12)23(25)26/h1-8,10H,11H2,(H,20,24)(H,21,22). The molecule has 27 heavy (non-hydrogen) atoms. The number of benzene rings is 1. The molecule has 0 spiro atoms. The first-order valence-electron chi connectivity index (χ1n) is 7.79. The predicted octanol–water partition coefficient (Wildman–Crippen LogP) is 2.80. The second-order valence-corrected chi connectivity index (χ2v) is 5.44. The molecule has 2 aromatic heterocycles. The van der Waals surface area contributed by atoms with Crippen LogP contribution in [0.4, 0.5) is 5.69 Å². The molecular weight excluding hydrogens is 350 g/mol. The molecule has 0 aliphatic rings. The molecule has 9 nitrogen and oxygen atoms in total. The SMILES string of the molecule is N#CC(=Cc1cn[nH]c1-c1cccc([N+](=O)[O-])c1)C(=O)NCc1ccco1. The summed E-state index contributed by atoms with van der Waals surface area (Å²) in [6, 6.07) is 11.2. The highest BCUT2D eigenvalue weighted by atomic mass is 16.6. The van der Waals surface area contributed by atoms with Crippen molar-refractivity contribution in [2.75, 3.05) is 0 Å². The van der Waals surface area contributed by atoms with Crippen LogP contribution in [0.15, 0.2) is 58.8 Å². The number of aromatic amines is 1. The molecular formula is C18H13N5O4. The Hall–Kier alpha value is -4.19. The lowest BCUT2D eigenvalue weighted by atomic mass is 10.1. The van der Waals surface area contributed by atoms with E-state index in [1.54, 1.807) is 24.3 Å². The number of H-pyrrole nitrogens is 1. The highest BCUT2D eigenvalue weighted by Gasteiger charge is 2.14. The van der Waals surface area contributed by atoms with Crippen LogP contribution in [-0.4, -0.2) is 21.0 Å². The molecule has 0 atom stereocenters. The zero-order chi connectivity index (χ0) is 19.2. The zero-order valence-electron chi connectivity index (χ0n) is 13.9. The van der Waals surface area contributed by atoms with Gasteiger partial charge in [-0.2, -0.15) is 10.4 Å². The molecule has 0 bridgehead atoms. The van der Waals surface area contributed by atoms with Crippen LogP contribution in [0.5, 0.6) is 0 Å². The van der Waals surface area contributed by atoms with Crippen molar-refractivity contribution < 1.29 is 14.1 Å². The Balaban J connectivity index is 1.85. The van der Waals surface area contributed by atoms with Gasteiger partial charge in [0.15, 0.2) is 0 Å². The molecule has 134 valence electrons. The number of nitriles is 1. The number of nitrogens with zero attached hydrogens (tertiary/aromatic N) is 3. The highest BCUT2D eigenvalue weighted by Crippen LogP contribution is 2.26. The Labute approximate surface area is 153 Å². The third-order valence-corrected chi connectivity index (χ3v) is 3.68. The van der Waals surface area contributed by atoms with E-state index < -0.39 is 10.8 Å². The Bertz CT molecular complexity index is 1040. The van der Waals surface area contributed by atoms with E-state index in [0.717, 1.165) is 0 Å². The minimum absolute atomic E-state index is 0.0753. The zero-order valence-corrected chi connectivity index (χ0v) is 13.9. The Kier molecular flexibility index (Phi) is 5.09. The molecule has 0 aliphatic heterocycles. The van der Waals surface area contributed by atoms with E-state index in [1.165, 1.54) is 30.7 Å². The van der Waals surface area contributed by atoms with Crippen molar-refractivity contribution in [3.63, 3.8) is 0 Å². The van der Waals surface area contributed by atoms with E-state index in [0.29, 0.717) is 22.6 Å². The molecule has 2 heterocycles. The van der Waals surface area contributed by atoms with Crippen molar-refractivity contribution >= 4 is 17.7 Å². The van der Waals surface area contributed by atoms with Gasteiger partial charge in [-0.3, -0.25) is 20.0 Å². The van der Waals surface area contributed by atoms with E-state index >= 15 is 0 Å². The topological polar surface area (TPSA) is 138 Å². The summed E-state index contributed by atoms with van der Waals surface area (Å²) in [7, 11) is 0. The lowest BCUT2D eigenvalue weighted by molar-refractivity contribution is -0.384. The van der Waals surface area contributed by atoms with Crippen molar-refractivity contribution in [2.24, 2.45) is 0 Å². The largest absolute Gasteiger partial charge is 0.467 e. The van der Waals surface area contributed by atoms with Crippen LogP contribution in [0.25, 0.3) is 17.3 Å². The summed E-state index contributed by atoms with van der Waals surface area (Å²) in [6.07, 6.45) is 4.29. The van der Waals surface area contributed by atoms with Gasteiger partial charge < -0.3 is 9.73 Å². The molecule has 1 aromatic carbocycles. The first kappa shape index (κ1) is 17.6. The van der Waals surface area contributed by atoms with Gasteiger partial charge >= 0.3 is 0 Å². The minimum atomic E-state index is -0.569. The highest BCUT2D eigenvalue weighted by molar-refractivity contribution is 6.02. The van der Waals surface area contributed by atoms with Crippen molar-refractivity contribution in [3.05, 3.63) is 75.9 Å². The second kappa shape index (κ2) is 7.79. The van der Waals surface area contributed by atoms with Gasteiger partial charge in [0.05, 0.1) is 29.6 Å². The summed E-state index contributed by atoms with van der Waals surface area (Å²) in [4.78, 5) is 22.7. The smallest absolute Gasteiger partial charge is 0.270 e. The number of nitro groups is 1. The second-order valence-electron chi connectivity index (χ2n) is 5.44. The Morgan fingerprint density at radius 1 is 1.41 bits per heavy atom. The summed E-state index contributed by atoms with van der Waals surface area (Å²) in [6.45, 7) is 0.147. The van der Waals surface area contributed by atoms with Crippen molar-refractivity contribution in [2.45, 2.75) is 6.54 Å². The van der Waals surface area contributed by atoms with Crippen LogP contribution in [0.2, 0.25) is 0 Å². The van der Waals surface area contributed by atoms with Crippen LogP contribution in [0.1, 0.15) is 11.3 Å². The summed E-state index contributed by atoms with van der Waals surface area (Å²) in [5.41, 5.74) is 1.23. The maximum absolute atomic E-state index is 12.2. The number of furan rings is 1. The van der Waals surface area contributed by atoms with Crippen LogP contribution >= 0.6 is 0 Å². The predicted molar refractivity (Wildman–Crippen MR) is 94.8 cm³/mol. The van der Waals surface area contributed by atoms with Gasteiger partial charge in [0, 0.05) is 23.3 Å². The maximum Gasteiger partial charge on any atom is 0.270 e. The number of nitro benzene ring substituents is 1. The number of carbonyl (C=O) groups excluding carboxylic acids is 1. The molecule has 0 fully saturated rings. The van der Waals surface area contributed by atoms with Gasteiger partial charge in [-0.15, -0.1) is 0 Å².